The molecule has 1 rings (SSSR count). The lowest BCUT2D eigenvalue weighted by molar-refractivity contribution is 0.529. The molecule has 0 fully saturated rings. The first-order valence-corrected chi connectivity index (χ1v) is 5.96. The summed E-state index contributed by atoms with van der Waals surface area (Å²) in [5.41, 5.74) is 1.18. The number of para-hydroxylation sites is 1. The molecule has 0 saturated carbocycles. The van der Waals surface area contributed by atoms with Gasteiger partial charge in [0.1, 0.15) is 0 Å². The van der Waals surface area contributed by atoms with Crippen LogP contribution in [0.1, 0.15) is 19.8 Å². The smallest absolute Gasteiger partial charge is 0.0340 e. The molecule has 0 aliphatic rings. The molecule has 0 spiro atoms. The SMILES string of the molecule is C=CCCC(C)NCCNc1ccccc1. The molecule has 88 valence electrons. The van der Waals surface area contributed by atoms with Gasteiger partial charge in [-0.2, -0.15) is 0 Å². The minimum Gasteiger partial charge on any atom is -0.384 e. The highest BCUT2D eigenvalue weighted by Gasteiger charge is 1.98. The second-order valence-corrected chi connectivity index (χ2v) is 4.01. The summed E-state index contributed by atoms with van der Waals surface area (Å²) in [4.78, 5) is 0. The van der Waals surface area contributed by atoms with Crippen molar-refractivity contribution in [3.63, 3.8) is 0 Å². The Bertz CT molecular complexity index is 282. The molecule has 0 radical (unpaired) electrons. The summed E-state index contributed by atoms with van der Waals surface area (Å²) in [5.74, 6) is 0. The Morgan fingerprint density at radius 1 is 1.25 bits per heavy atom. The number of hydrogen-bond acceptors (Lipinski definition) is 2. The van der Waals surface area contributed by atoms with Crippen molar-refractivity contribution in [3.8, 4) is 0 Å². The topological polar surface area (TPSA) is 24.1 Å². The highest BCUT2D eigenvalue weighted by atomic mass is 15.0. The van der Waals surface area contributed by atoms with E-state index in [1.807, 2.05) is 24.3 Å². The van der Waals surface area contributed by atoms with E-state index in [4.69, 9.17) is 0 Å². The monoisotopic (exact) mass is 218 g/mol. The zero-order chi connectivity index (χ0) is 11.6. The first-order valence-electron chi connectivity index (χ1n) is 5.96. The van der Waals surface area contributed by atoms with E-state index in [1.165, 1.54) is 5.69 Å². The molecule has 1 unspecified atom stereocenters. The van der Waals surface area contributed by atoms with Crippen molar-refractivity contribution in [1.82, 2.24) is 5.32 Å². The van der Waals surface area contributed by atoms with Gasteiger partial charge in [-0.1, -0.05) is 24.3 Å². The first kappa shape index (κ1) is 12.8. The van der Waals surface area contributed by atoms with Crippen molar-refractivity contribution in [2.45, 2.75) is 25.8 Å². The summed E-state index contributed by atoms with van der Waals surface area (Å²) in [6.45, 7) is 7.90. The van der Waals surface area contributed by atoms with Gasteiger partial charge < -0.3 is 10.6 Å². The summed E-state index contributed by atoms with van der Waals surface area (Å²) in [5, 5.41) is 6.85. The van der Waals surface area contributed by atoms with Crippen LogP contribution in [-0.4, -0.2) is 19.1 Å². The van der Waals surface area contributed by atoms with E-state index in [9.17, 15) is 0 Å². The molecule has 0 bridgehead atoms. The van der Waals surface area contributed by atoms with Crippen LogP contribution < -0.4 is 10.6 Å². The van der Waals surface area contributed by atoms with Crippen molar-refractivity contribution >= 4 is 5.69 Å². The predicted molar refractivity (Wildman–Crippen MR) is 71.8 cm³/mol. The Labute approximate surface area is 98.8 Å². The maximum atomic E-state index is 3.73. The number of anilines is 1. The predicted octanol–water partition coefficient (Wildman–Crippen LogP) is 3.04. The highest BCUT2D eigenvalue weighted by Crippen LogP contribution is 2.03. The molecule has 1 aromatic rings. The molecule has 16 heavy (non-hydrogen) atoms. The van der Waals surface area contributed by atoms with Crippen LogP contribution in [0, 0.1) is 0 Å². The normalized spacial score (nSPS) is 12.1. The maximum Gasteiger partial charge on any atom is 0.0340 e. The van der Waals surface area contributed by atoms with Gasteiger partial charge >= 0.3 is 0 Å². The third-order valence-electron chi connectivity index (χ3n) is 2.52. The van der Waals surface area contributed by atoms with E-state index in [1.54, 1.807) is 0 Å². The minimum atomic E-state index is 0.565. The van der Waals surface area contributed by atoms with Crippen molar-refractivity contribution in [2.24, 2.45) is 0 Å². The minimum absolute atomic E-state index is 0.565. The fraction of sp³-hybridized carbons (Fsp3) is 0.429. The summed E-state index contributed by atoms with van der Waals surface area (Å²) >= 11 is 0. The van der Waals surface area contributed by atoms with E-state index in [0.717, 1.165) is 25.9 Å². The number of benzene rings is 1. The first-order chi connectivity index (χ1) is 7.83. The van der Waals surface area contributed by atoms with E-state index in [0.29, 0.717) is 6.04 Å². The molecule has 0 heterocycles. The number of hydrogen-bond donors (Lipinski definition) is 2. The zero-order valence-corrected chi connectivity index (χ0v) is 10.1. The second-order valence-electron chi connectivity index (χ2n) is 4.01. The summed E-state index contributed by atoms with van der Waals surface area (Å²) in [6, 6.07) is 10.9. The van der Waals surface area contributed by atoms with Gasteiger partial charge in [-0.3, -0.25) is 0 Å². The average Bonchev–Trinajstić information content (AvgIpc) is 2.33. The molecule has 0 aliphatic carbocycles. The van der Waals surface area contributed by atoms with Gasteiger partial charge in [0, 0.05) is 24.8 Å². The van der Waals surface area contributed by atoms with Crippen molar-refractivity contribution in [3.05, 3.63) is 43.0 Å². The molecule has 2 N–H and O–H groups in total. The molecule has 1 aromatic carbocycles. The lowest BCUT2D eigenvalue weighted by Gasteiger charge is -2.13. The maximum absolute atomic E-state index is 3.73. The molecule has 0 aromatic heterocycles. The number of rotatable bonds is 8. The van der Waals surface area contributed by atoms with Gasteiger partial charge in [0.05, 0.1) is 0 Å². The van der Waals surface area contributed by atoms with Crippen LogP contribution in [0.4, 0.5) is 5.69 Å². The molecule has 2 nitrogen and oxygen atoms in total. The lowest BCUT2D eigenvalue weighted by atomic mass is 10.2. The van der Waals surface area contributed by atoms with Crippen LogP contribution in [0.25, 0.3) is 0 Å². The second kappa shape index (κ2) is 7.94. The van der Waals surface area contributed by atoms with Crippen LogP contribution in [0.5, 0.6) is 0 Å². The number of nitrogens with one attached hydrogen (secondary N) is 2. The molecular formula is C14H22N2. The van der Waals surface area contributed by atoms with Gasteiger partial charge in [0.25, 0.3) is 0 Å². The molecule has 1 atom stereocenters. The fourth-order valence-corrected chi connectivity index (χ4v) is 1.55. The Morgan fingerprint density at radius 3 is 2.69 bits per heavy atom. The molecule has 0 aliphatic heterocycles. The number of allylic oxidation sites excluding steroid dienone is 1. The lowest BCUT2D eigenvalue weighted by Crippen LogP contribution is -2.30. The zero-order valence-electron chi connectivity index (χ0n) is 10.1. The highest BCUT2D eigenvalue weighted by molar-refractivity contribution is 5.42. The van der Waals surface area contributed by atoms with Gasteiger partial charge in [0.2, 0.25) is 0 Å². The van der Waals surface area contributed by atoms with Crippen LogP contribution in [0.15, 0.2) is 43.0 Å². The molecule has 2 heteroatoms. The average molecular weight is 218 g/mol. The standard InChI is InChI=1S/C14H22N2/c1-3-4-8-13(2)15-11-12-16-14-9-6-5-7-10-14/h3,5-7,9-10,13,15-16H,1,4,8,11-12H2,2H3. The Morgan fingerprint density at radius 2 is 2.00 bits per heavy atom. The molecular weight excluding hydrogens is 196 g/mol. The van der Waals surface area contributed by atoms with E-state index < -0.39 is 0 Å². The van der Waals surface area contributed by atoms with E-state index in [-0.39, 0.29) is 0 Å². The van der Waals surface area contributed by atoms with Crippen LogP contribution >= 0.6 is 0 Å². The largest absolute Gasteiger partial charge is 0.384 e. The van der Waals surface area contributed by atoms with Gasteiger partial charge in [-0.15, -0.1) is 6.58 Å². The summed E-state index contributed by atoms with van der Waals surface area (Å²) in [7, 11) is 0. The van der Waals surface area contributed by atoms with Crippen molar-refractivity contribution in [2.75, 3.05) is 18.4 Å². The van der Waals surface area contributed by atoms with Gasteiger partial charge in [0.15, 0.2) is 0 Å². The van der Waals surface area contributed by atoms with Crippen molar-refractivity contribution < 1.29 is 0 Å². The van der Waals surface area contributed by atoms with E-state index >= 15 is 0 Å². The van der Waals surface area contributed by atoms with Crippen molar-refractivity contribution in [1.29, 1.82) is 0 Å². The van der Waals surface area contributed by atoms with Crippen LogP contribution in [-0.2, 0) is 0 Å². The molecule has 0 amide bonds. The summed E-state index contributed by atoms with van der Waals surface area (Å²) < 4.78 is 0. The Hall–Kier alpha value is -1.28. The van der Waals surface area contributed by atoms with E-state index in [2.05, 4.69) is 36.3 Å². The summed E-state index contributed by atoms with van der Waals surface area (Å²) in [6.07, 6.45) is 4.22. The van der Waals surface area contributed by atoms with Gasteiger partial charge in [-0.05, 0) is 31.9 Å². The fourth-order valence-electron chi connectivity index (χ4n) is 1.55. The van der Waals surface area contributed by atoms with Crippen LogP contribution in [0.2, 0.25) is 0 Å². The van der Waals surface area contributed by atoms with Gasteiger partial charge in [-0.25, -0.2) is 0 Å². The Kier molecular flexibility index (Phi) is 6.35. The molecule has 0 saturated heterocycles. The Balaban J connectivity index is 2.05. The third-order valence-corrected chi connectivity index (χ3v) is 2.52. The third kappa shape index (κ3) is 5.56. The quantitative estimate of drug-likeness (QED) is 0.517. The van der Waals surface area contributed by atoms with Crippen LogP contribution in [0.3, 0.4) is 0 Å².